The molecular formula is C40H27N2OP. The lowest BCUT2D eigenvalue weighted by molar-refractivity contribution is 0.592. The highest BCUT2D eigenvalue weighted by Gasteiger charge is 2.31. The van der Waals surface area contributed by atoms with Gasteiger partial charge in [0.1, 0.15) is 0 Å². The van der Waals surface area contributed by atoms with E-state index in [0.29, 0.717) is 0 Å². The van der Waals surface area contributed by atoms with Crippen LogP contribution in [-0.2, 0) is 4.57 Å². The van der Waals surface area contributed by atoms with Gasteiger partial charge in [-0.2, -0.15) is 0 Å². The summed E-state index contributed by atoms with van der Waals surface area (Å²) in [6.45, 7) is 0. The minimum Gasteiger partial charge on any atom is -0.309 e. The fraction of sp³-hybridized carbons (Fsp3) is 0. The van der Waals surface area contributed by atoms with Gasteiger partial charge in [0.05, 0.1) is 22.4 Å². The predicted molar refractivity (Wildman–Crippen MR) is 185 cm³/mol. The van der Waals surface area contributed by atoms with Gasteiger partial charge in [0.25, 0.3) is 0 Å². The number of hydrogen-bond acceptors (Lipinski definition) is 3. The Bertz CT molecular complexity index is 2230. The van der Waals surface area contributed by atoms with Gasteiger partial charge in [-0.3, -0.25) is 0 Å². The van der Waals surface area contributed by atoms with E-state index in [-0.39, 0.29) is 0 Å². The molecule has 0 saturated carbocycles. The van der Waals surface area contributed by atoms with Gasteiger partial charge < -0.3 is 4.57 Å². The topological polar surface area (TPSA) is 42.9 Å². The molecule has 0 amide bonds. The molecule has 2 heterocycles. The highest BCUT2D eigenvalue weighted by atomic mass is 31.2. The molecule has 2 aromatic heterocycles. The summed E-state index contributed by atoms with van der Waals surface area (Å²) in [5, 5.41) is 6.69. The van der Waals surface area contributed by atoms with Crippen molar-refractivity contribution in [3.8, 4) is 22.5 Å². The van der Waals surface area contributed by atoms with Gasteiger partial charge in [0.2, 0.25) is 0 Å². The first-order chi connectivity index (χ1) is 21.7. The van der Waals surface area contributed by atoms with E-state index in [1.807, 2.05) is 121 Å². The molecule has 8 aromatic rings. The average molecular weight is 583 g/mol. The number of pyridine rings is 2. The zero-order valence-corrected chi connectivity index (χ0v) is 24.7. The summed E-state index contributed by atoms with van der Waals surface area (Å²) in [4.78, 5) is 9.75. The molecule has 0 aliphatic heterocycles. The Morgan fingerprint density at radius 2 is 0.841 bits per heavy atom. The molecule has 0 unspecified atom stereocenters. The van der Waals surface area contributed by atoms with Crippen molar-refractivity contribution in [2.45, 2.75) is 0 Å². The number of nitrogens with zero attached hydrogens (tertiary/aromatic N) is 2. The number of hydrogen-bond donors (Lipinski definition) is 0. The SMILES string of the molecule is O=P(c1ccc(-c2ccc3ccccc3n2)cc1)(c1ccc(-c2ccc3ccccc3n2)cc1)c1cccc2ccccc12. The Kier molecular flexibility index (Phi) is 6.40. The summed E-state index contributed by atoms with van der Waals surface area (Å²) in [6, 6.07) is 55.0. The second-order valence-electron chi connectivity index (χ2n) is 11.0. The van der Waals surface area contributed by atoms with Crippen LogP contribution in [-0.4, -0.2) is 9.97 Å². The molecular weight excluding hydrogens is 555 g/mol. The Balaban J connectivity index is 1.25. The molecule has 0 spiro atoms. The minimum absolute atomic E-state index is 0.787. The summed E-state index contributed by atoms with van der Waals surface area (Å²) >= 11 is 0. The normalized spacial score (nSPS) is 11.7. The van der Waals surface area contributed by atoms with Gasteiger partial charge in [-0.25, -0.2) is 9.97 Å². The number of benzene rings is 6. The van der Waals surface area contributed by atoms with Crippen LogP contribution in [0, 0.1) is 0 Å². The number of fused-ring (bicyclic) bond motifs is 3. The molecule has 44 heavy (non-hydrogen) atoms. The van der Waals surface area contributed by atoms with Crippen LogP contribution in [0.25, 0.3) is 55.1 Å². The average Bonchev–Trinajstić information content (AvgIpc) is 3.11. The van der Waals surface area contributed by atoms with Crippen LogP contribution >= 0.6 is 7.14 Å². The first kappa shape index (κ1) is 26.3. The summed E-state index contributed by atoms with van der Waals surface area (Å²) in [5.41, 5.74) is 5.67. The van der Waals surface area contributed by atoms with Crippen LogP contribution in [0.3, 0.4) is 0 Å². The highest BCUT2D eigenvalue weighted by molar-refractivity contribution is 7.85. The zero-order chi connectivity index (χ0) is 29.5. The van der Waals surface area contributed by atoms with Crippen LogP contribution in [0.15, 0.2) is 164 Å². The molecule has 0 saturated heterocycles. The summed E-state index contributed by atoms with van der Waals surface area (Å²) in [6.07, 6.45) is 0. The molecule has 4 heteroatoms. The van der Waals surface area contributed by atoms with Crippen molar-refractivity contribution in [2.75, 3.05) is 0 Å². The largest absolute Gasteiger partial charge is 0.309 e. The maximum Gasteiger partial charge on any atom is 0.171 e. The third-order valence-corrected chi connectivity index (χ3v) is 11.5. The highest BCUT2D eigenvalue weighted by Crippen LogP contribution is 2.45. The lowest BCUT2D eigenvalue weighted by atomic mass is 10.1. The first-order valence-electron chi connectivity index (χ1n) is 14.7. The van der Waals surface area contributed by atoms with Crippen molar-refractivity contribution in [3.05, 3.63) is 164 Å². The maximum atomic E-state index is 15.6. The van der Waals surface area contributed by atoms with Gasteiger partial charge >= 0.3 is 0 Å². The van der Waals surface area contributed by atoms with Crippen molar-refractivity contribution >= 4 is 55.6 Å². The standard InChI is InChI=1S/C40H27N2OP/c43-44(40-15-7-11-28-8-1-4-12-35(28)40,33-22-16-31(17-23-33)38-26-20-29-9-2-5-13-36(29)41-38)34-24-18-32(19-25-34)39-27-21-30-10-3-6-14-37(30)42-39/h1-27H. The summed E-state index contributed by atoms with van der Waals surface area (Å²) < 4.78 is 15.6. The van der Waals surface area contributed by atoms with Crippen LogP contribution < -0.4 is 15.9 Å². The van der Waals surface area contributed by atoms with E-state index in [4.69, 9.17) is 9.97 Å². The minimum atomic E-state index is -3.26. The fourth-order valence-corrected chi connectivity index (χ4v) is 8.88. The monoisotopic (exact) mass is 582 g/mol. The van der Waals surface area contributed by atoms with Crippen LogP contribution in [0.5, 0.6) is 0 Å². The lowest BCUT2D eigenvalue weighted by Crippen LogP contribution is -2.25. The van der Waals surface area contributed by atoms with Crippen molar-refractivity contribution in [1.29, 1.82) is 0 Å². The van der Waals surface area contributed by atoms with Crippen molar-refractivity contribution < 1.29 is 4.57 Å². The smallest absolute Gasteiger partial charge is 0.171 e. The number of rotatable bonds is 5. The van der Waals surface area contributed by atoms with Crippen LogP contribution in [0.4, 0.5) is 0 Å². The molecule has 208 valence electrons. The molecule has 0 atom stereocenters. The van der Waals surface area contributed by atoms with Crippen molar-refractivity contribution in [3.63, 3.8) is 0 Å². The molecule has 0 bridgehead atoms. The second-order valence-corrected chi connectivity index (χ2v) is 13.7. The number of aromatic nitrogens is 2. The molecule has 3 nitrogen and oxygen atoms in total. The molecule has 0 aliphatic rings. The number of para-hydroxylation sites is 2. The third kappa shape index (κ3) is 4.50. The van der Waals surface area contributed by atoms with Gasteiger partial charge in [-0.15, -0.1) is 0 Å². The predicted octanol–water partition coefficient (Wildman–Crippen LogP) is 8.91. The Morgan fingerprint density at radius 1 is 0.386 bits per heavy atom. The summed E-state index contributed by atoms with van der Waals surface area (Å²) in [7, 11) is -3.26. The molecule has 0 N–H and O–H groups in total. The second kappa shape index (κ2) is 10.7. The van der Waals surface area contributed by atoms with Gasteiger partial charge in [0, 0.05) is 37.8 Å². The van der Waals surface area contributed by atoms with E-state index in [9.17, 15) is 0 Å². The van der Waals surface area contributed by atoms with Gasteiger partial charge in [0.15, 0.2) is 7.14 Å². The maximum absolute atomic E-state index is 15.6. The van der Waals surface area contributed by atoms with E-state index in [1.54, 1.807) is 0 Å². The molecule has 8 rings (SSSR count). The van der Waals surface area contributed by atoms with Crippen LogP contribution in [0.2, 0.25) is 0 Å². The van der Waals surface area contributed by atoms with Gasteiger partial charge in [-0.05, 0) is 35.0 Å². The summed E-state index contributed by atoms with van der Waals surface area (Å²) in [5.74, 6) is 0. The van der Waals surface area contributed by atoms with E-state index in [0.717, 1.165) is 71.0 Å². The van der Waals surface area contributed by atoms with E-state index in [2.05, 4.69) is 42.5 Å². The lowest BCUT2D eigenvalue weighted by Gasteiger charge is -2.22. The van der Waals surface area contributed by atoms with E-state index in [1.165, 1.54) is 0 Å². The van der Waals surface area contributed by atoms with Crippen molar-refractivity contribution in [2.24, 2.45) is 0 Å². The fourth-order valence-electron chi connectivity index (χ4n) is 6.05. The van der Waals surface area contributed by atoms with Crippen LogP contribution in [0.1, 0.15) is 0 Å². The van der Waals surface area contributed by atoms with Gasteiger partial charge in [-0.1, -0.05) is 140 Å². The third-order valence-electron chi connectivity index (χ3n) is 8.36. The van der Waals surface area contributed by atoms with Crippen molar-refractivity contribution in [1.82, 2.24) is 9.97 Å². The molecule has 0 radical (unpaired) electrons. The quantitative estimate of drug-likeness (QED) is 0.190. The van der Waals surface area contributed by atoms with E-state index < -0.39 is 7.14 Å². The molecule has 0 aliphatic carbocycles. The molecule has 6 aromatic carbocycles. The zero-order valence-electron chi connectivity index (χ0n) is 23.8. The first-order valence-corrected chi connectivity index (χ1v) is 16.4. The Morgan fingerprint density at radius 3 is 1.39 bits per heavy atom. The van der Waals surface area contributed by atoms with E-state index >= 15 is 4.57 Å². The molecule has 0 fully saturated rings. The Labute approximate surface area is 255 Å². The Hall–Kier alpha value is -5.37.